The van der Waals surface area contributed by atoms with Crippen LogP contribution in [0.1, 0.15) is 91.9 Å². The minimum absolute atomic E-state index is 0.00446. The molecule has 0 spiro atoms. The van der Waals surface area contributed by atoms with E-state index in [-0.39, 0.29) is 72.8 Å². The summed E-state index contributed by atoms with van der Waals surface area (Å²) in [5, 5.41) is 23.4. The predicted molar refractivity (Wildman–Crippen MR) is 146 cm³/mol. The van der Waals surface area contributed by atoms with Crippen LogP contribution >= 0.6 is 0 Å². The summed E-state index contributed by atoms with van der Waals surface area (Å²) in [6.45, 7) is 6.89. The maximum Gasteiger partial charge on any atom is 0.326 e. The van der Waals surface area contributed by atoms with E-state index in [4.69, 9.17) is 4.74 Å². The molecule has 0 saturated heterocycles. The van der Waals surface area contributed by atoms with Gasteiger partial charge in [-0.15, -0.1) is 0 Å². The Balaban J connectivity index is 1.36. The van der Waals surface area contributed by atoms with Gasteiger partial charge in [-0.3, -0.25) is 24.0 Å². The minimum Gasteiger partial charge on any atom is -0.480 e. The third-order valence-electron chi connectivity index (χ3n) is 10.5. The summed E-state index contributed by atoms with van der Waals surface area (Å²) < 4.78 is 5.13. The van der Waals surface area contributed by atoms with E-state index in [2.05, 4.69) is 12.2 Å². The monoisotopic (exact) mass is 573 g/mol. The molecular formula is C31H43NO9. The number of aliphatic carboxylic acids is 1. The highest BCUT2D eigenvalue weighted by molar-refractivity contribution is 5.95. The van der Waals surface area contributed by atoms with Crippen LogP contribution in [0.25, 0.3) is 0 Å². The summed E-state index contributed by atoms with van der Waals surface area (Å²) in [6.07, 6.45) is 4.66. The first kappa shape index (κ1) is 31.1. The van der Waals surface area contributed by atoms with E-state index in [0.29, 0.717) is 19.3 Å². The predicted octanol–water partition coefficient (Wildman–Crippen LogP) is 2.94. The number of ketones is 3. The molecule has 0 aromatic carbocycles. The van der Waals surface area contributed by atoms with Gasteiger partial charge in [0.15, 0.2) is 12.4 Å². The summed E-state index contributed by atoms with van der Waals surface area (Å²) in [5.41, 5.74) is -2.13. The maximum absolute atomic E-state index is 13.7. The van der Waals surface area contributed by atoms with Gasteiger partial charge in [0.25, 0.3) is 0 Å². The molecule has 3 N–H and O–H groups in total. The van der Waals surface area contributed by atoms with Crippen LogP contribution in [0.5, 0.6) is 0 Å². The minimum atomic E-state index is -1.82. The lowest BCUT2D eigenvalue weighted by molar-refractivity contribution is -0.173. The number of carboxylic acid groups (broad SMARTS) is 1. The number of amides is 1. The van der Waals surface area contributed by atoms with Gasteiger partial charge in [-0.2, -0.15) is 0 Å². The van der Waals surface area contributed by atoms with Crippen molar-refractivity contribution >= 4 is 35.2 Å². The standard InChI is InChI=1S/C31H43NO9/c1-17(2)13-22(28(38)39)32-25(36)7-8-26(37)41-16-24(35)31(40)12-10-21-20-6-5-18-14-19(33)9-11-29(18,3)27(20)23(34)15-30(21,31)4/h14,17,20-22,27,40H,5-13,15-16H2,1-4H3,(H,32,36)(H,38,39)/t20-,21-,22?,27+,29-,30-,31-/m0/s1. The van der Waals surface area contributed by atoms with Crippen molar-refractivity contribution in [2.45, 2.75) is 104 Å². The number of carbonyl (C=O) groups is 6. The molecule has 0 aromatic heterocycles. The molecule has 4 rings (SSSR count). The van der Waals surface area contributed by atoms with Crippen molar-refractivity contribution in [1.82, 2.24) is 5.32 Å². The van der Waals surface area contributed by atoms with Crippen molar-refractivity contribution < 1.29 is 43.7 Å². The number of aliphatic hydroxyl groups is 1. The van der Waals surface area contributed by atoms with Crippen LogP contribution < -0.4 is 5.32 Å². The molecular weight excluding hydrogens is 530 g/mol. The van der Waals surface area contributed by atoms with Crippen molar-refractivity contribution in [1.29, 1.82) is 0 Å². The van der Waals surface area contributed by atoms with Gasteiger partial charge in [-0.05, 0) is 67.8 Å². The molecule has 4 aliphatic rings. The third kappa shape index (κ3) is 5.64. The average molecular weight is 574 g/mol. The molecule has 0 aliphatic heterocycles. The second-order valence-corrected chi connectivity index (χ2v) is 13.5. The number of Topliss-reactive ketones (excluding diaryl/α,β-unsaturated/α-hetero) is 2. The van der Waals surface area contributed by atoms with E-state index >= 15 is 0 Å². The maximum atomic E-state index is 13.7. The first-order valence-electron chi connectivity index (χ1n) is 14.8. The molecule has 1 amide bonds. The lowest BCUT2D eigenvalue weighted by Gasteiger charge is -2.57. The van der Waals surface area contributed by atoms with Gasteiger partial charge < -0.3 is 20.3 Å². The molecule has 0 aromatic rings. The molecule has 10 heteroatoms. The highest BCUT2D eigenvalue weighted by Crippen LogP contribution is 2.66. The molecule has 0 radical (unpaired) electrons. The molecule has 3 fully saturated rings. The summed E-state index contributed by atoms with van der Waals surface area (Å²) in [5.74, 6) is -3.34. The number of nitrogens with one attached hydrogen (secondary N) is 1. The largest absolute Gasteiger partial charge is 0.480 e. The van der Waals surface area contributed by atoms with Gasteiger partial charge in [0.05, 0.1) is 6.42 Å². The molecule has 7 atom stereocenters. The zero-order valence-electron chi connectivity index (χ0n) is 24.5. The Morgan fingerprint density at radius 2 is 1.78 bits per heavy atom. The Bertz CT molecular complexity index is 1170. The Morgan fingerprint density at radius 1 is 1.07 bits per heavy atom. The van der Waals surface area contributed by atoms with E-state index in [1.54, 1.807) is 13.0 Å². The van der Waals surface area contributed by atoms with Crippen molar-refractivity contribution in [3.63, 3.8) is 0 Å². The van der Waals surface area contributed by atoms with Crippen molar-refractivity contribution in [2.24, 2.45) is 34.5 Å². The van der Waals surface area contributed by atoms with Crippen LogP contribution in [-0.4, -0.2) is 63.7 Å². The number of ether oxygens (including phenoxy) is 1. The number of allylic oxidation sites excluding steroid dienone is 1. The summed E-state index contributed by atoms with van der Waals surface area (Å²) in [6, 6.07) is -1.06. The van der Waals surface area contributed by atoms with Crippen LogP contribution in [-0.2, 0) is 33.5 Å². The number of hydrogen-bond donors (Lipinski definition) is 3. The van der Waals surface area contributed by atoms with E-state index in [1.807, 2.05) is 13.8 Å². The summed E-state index contributed by atoms with van der Waals surface area (Å²) >= 11 is 0. The van der Waals surface area contributed by atoms with Gasteiger partial charge in [0, 0.05) is 30.6 Å². The van der Waals surface area contributed by atoms with Gasteiger partial charge in [-0.1, -0.05) is 33.3 Å². The molecule has 3 saturated carbocycles. The van der Waals surface area contributed by atoms with E-state index in [9.17, 15) is 39.0 Å². The topological polar surface area (TPSA) is 164 Å². The highest BCUT2D eigenvalue weighted by Gasteiger charge is 2.68. The molecule has 10 nitrogen and oxygen atoms in total. The van der Waals surface area contributed by atoms with E-state index < -0.39 is 47.3 Å². The second kappa shape index (κ2) is 11.4. The smallest absolute Gasteiger partial charge is 0.326 e. The fraction of sp³-hybridized carbons (Fsp3) is 0.742. The summed E-state index contributed by atoms with van der Waals surface area (Å²) in [4.78, 5) is 75.0. The summed E-state index contributed by atoms with van der Waals surface area (Å²) in [7, 11) is 0. The Labute approximate surface area is 240 Å². The number of fused-ring (bicyclic) bond motifs is 5. The quantitative estimate of drug-likeness (QED) is 0.333. The SMILES string of the molecule is CC(C)CC(NC(=O)CCC(=O)OCC(=O)[C@@]1(O)CC[C@H]2[C@@H]3CCC4=CC(=O)CC[C@]4(C)[C@H]3C(=O)C[C@@]21C)C(=O)O. The van der Waals surface area contributed by atoms with Crippen LogP contribution in [0.4, 0.5) is 0 Å². The molecule has 4 aliphatic carbocycles. The fourth-order valence-corrected chi connectivity index (χ4v) is 8.36. The number of esters is 1. The molecule has 1 unspecified atom stereocenters. The van der Waals surface area contributed by atoms with E-state index in [1.165, 1.54) is 0 Å². The van der Waals surface area contributed by atoms with Gasteiger partial charge in [0.2, 0.25) is 11.7 Å². The first-order chi connectivity index (χ1) is 19.1. The number of rotatable bonds is 10. The highest BCUT2D eigenvalue weighted by atomic mass is 16.5. The fourth-order valence-electron chi connectivity index (χ4n) is 8.36. The number of hydrogen-bond acceptors (Lipinski definition) is 8. The average Bonchev–Trinajstić information content (AvgIpc) is 3.16. The Kier molecular flexibility index (Phi) is 8.65. The zero-order valence-corrected chi connectivity index (χ0v) is 24.5. The Morgan fingerprint density at radius 3 is 2.44 bits per heavy atom. The van der Waals surface area contributed by atoms with Crippen LogP contribution in [0.2, 0.25) is 0 Å². The van der Waals surface area contributed by atoms with Crippen molar-refractivity contribution in [3.8, 4) is 0 Å². The lowest BCUT2D eigenvalue weighted by atomic mass is 9.46. The Hall–Kier alpha value is -2.88. The molecule has 226 valence electrons. The molecule has 41 heavy (non-hydrogen) atoms. The number of carboxylic acids is 1. The third-order valence-corrected chi connectivity index (χ3v) is 10.5. The van der Waals surface area contributed by atoms with Crippen LogP contribution in [0.3, 0.4) is 0 Å². The van der Waals surface area contributed by atoms with Gasteiger partial charge in [-0.25, -0.2) is 4.79 Å². The number of carbonyl (C=O) groups excluding carboxylic acids is 5. The first-order valence-corrected chi connectivity index (χ1v) is 14.8. The van der Waals surface area contributed by atoms with Crippen LogP contribution in [0.15, 0.2) is 11.6 Å². The normalized spacial score (nSPS) is 35.1. The van der Waals surface area contributed by atoms with Crippen molar-refractivity contribution in [3.05, 3.63) is 11.6 Å². The zero-order chi connectivity index (χ0) is 30.3. The molecule has 0 bridgehead atoms. The second-order valence-electron chi connectivity index (χ2n) is 13.5. The van der Waals surface area contributed by atoms with Gasteiger partial charge in [0.1, 0.15) is 17.4 Å². The molecule has 0 heterocycles. The lowest BCUT2D eigenvalue weighted by Crippen LogP contribution is -2.61. The van der Waals surface area contributed by atoms with Crippen LogP contribution in [0, 0.1) is 34.5 Å². The van der Waals surface area contributed by atoms with E-state index in [0.717, 1.165) is 18.4 Å². The van der Waals surface area contributed by atoms with Gasteiger partial charge >= 0.3 is 11.9 Å². The van der Waals surface area contributed by atoms with Crippen molar-refractivity contribution in [2.75, 3.05) is 6.61 Å².